The Morgan fingerprint density at radius 1 is 1.12 bits per heavy atom. The highest BCUT2D eigenvalue weighted by molar-refractivity contribution is 8.00. The molecule has 3 rings (SSSR count). The highest BCUT2D eigenvalue weighted by atomic mass is 32.2. The van der Waals surface area contributed by atoms with E-state index in [0.29, 0.717) is 6.42 Å². The first kappa shape index (κ1) is 16.3. The second kappa shape index (κ2) is 7.33. The van der Waals surface area contributed by atoms with Gasteiger partial charge in [-0.1, -0.05) is 54.2 Å². The van der Waals surface area contributed by atoms with Crippen LogP contribution < -0.4 is 0 Å². The summed E-state index contributed by atoms with van der Waals surface area (Å²) in [7, 11) is 0. The summed E-state index contributed by atoms with van der Waals surface area (Å²) in [5.74, 6) is 0.874. The van der Waals surface area contributed by atoms with Crippen molar-refractivity contribution >= 4 is 11.8 Å². The highest BCUT2D eigenvalue weighted by Crippen LogP contribution is 2.26. The molecule has 5 heteroatoms. The van der Waals surface area contributed by atoms with Crippen LogP contribution in [0.25, 0.3) is 5.69 Å². The predicted octanol–water partition coefficient (Wildman–Crippen LogP) is 4.17. The van der Waals surface area contributed by atoms with Crippen LogP contribution in [-0.4, -0.2) is 20.0 Å². The first-order chi connectivity index (χ1) is 11.7. The topological polar surface area (TPSA) is 54.5 Å². The Hall–Kier alpha value is -2.58. The van der Waals surface area contributed by atoms with Crippen molar-refractivity contribution in [2.24, 2.45) is 0 Å². The molecule has 0 amide bonds. The van der Waals surface area contributed by atoms with E-state index in [1.807, 2.05) is 37.3 Å². The Balaban J connectivity index is 2.04. The molecule has 0 bridgehead atoms. The zero-order valence-corrected chi connectivity index (χ0v) is 14.5. The molecule has 0 radical (unpaired) electrons. The van der Waals surface area contributed by atoms with E-state index in [1.165, 1.54) is 22.9 Å². The van der Waals surface area contributed by atoms with Gasteiger partial charge in [-0.15, -0.1) is 10.2 Å². The lowest BCUT2D eigenvalue weighted by atomic mass is 10.1. The van der Waals surface area contributed by atoms with Crippen LogP contribution in [-0.2, 0) is 6.42 Å². The van der Waals surface area contributed by atoms with Gasteiger partial charge in [-0.25, -0.2) is 0 Å². The molecule has 0 unspecified atom stereocenters. The van der Waals surface area contributed by atoms with Crippen LogP contribution in [0.5, 0.6) is 0 Å². The number of rotatable bonds is 5. The minimum atomic E-state index is -0.178. The lowest BCUT2D eigenvalue weighted by Crippen LogP contribution is -2.05. The Morgan fingerprint density at radius 3 is 2.62 bits per heavy atom. The summed E-state index contributed by atoms with van der Waals surface area (Å²) in [6.45, 7) is 3.94. The summed E-state index contributed by atoms with van der Waals surface area (Å²) in [6.07, 6.45) is 0.698. The van der Waals surface area contributed by atoms with E-state index in [1.54, 1.807) is 0 Å². The quantitative estimate of drug-likeness (QED) is 0.657. The third kappa shape index (κ3) is 3.66. The van der Waals surface area contributed by atoms with E-state index >= 15 is 0 Å². The number of aryl methyl sites for hydroxylation is 1. The number of nitrogens with zero attached hydrogens (tertiary/aromatic N) is 4. The molecular formula is C19H18N4S. The number of thioether (sulfide) groups is 1. The molecule has 24 heavy (non-hydrogen) atoms. The fourth-order valence-electron chi connectivity index (χ4n) is 2.48. The molecule has 0 aliphatic carbocycles. The zero-order valence-electron chi connectivity index (χ0n) is 13.7. The van der Waals surface area contributed by atoms with Crippen molar-refractivity contribution in [3.8, 4) is 11.8 Å². The molecule has 2 aromatic carbocycles. The third-order valence-electron chi connectivity index (χ3n) is 3.63. The fraction of sp³-hybridized carbons (Fsp3) is 0.211. The smallest absolute Gasteiger partial charge is 0.197 e. The van der Waals surface area contributed by atoms with E-state index in [9.17, 15) is 0 Å². The normalized spacial score (nSPS) is 11.9. The summed E-state index contributed by atoms with van der Waals surface area (Å²) in [5.41, 5.74) is 3.39. The molecule has 3 aromatic rings. The first-order valence-electron chi connectivity index (χ1n) is 7.79. The Kier molecular flexibility index (Phi) is 4.97. The lowest BCUT2D eigenvalue weighted by Gasteiger charge is -2.11. The van der Waals surface area contributed by atoms with Gasteiger partial charge in [0.1, 0.15) is 5.82 Å². The zero-order chi connectivity index (χ0) is 16.9. The van der Waals surface area contributed by atoms with Gasteiger partial charge < -0.3 is 0 Å². The summed E-state index contributed by atoms with van der Waals surface area (Å²) >= 11 is 1.43. The molecule has 0 saturated carbocycles. The van der Waals surface area contributed by atoms with E-state index in [0.717, 1.165) is 16.7 Å². The molecule has 0 N–H and O–H groups in total. The van der Waals surface area contributed by atoms with Gasteiger partial charge in [0.05, 0.1) is 11.3 Å². The van der Waals surface area contributed by atoms with E-state index in [-0.39, 0.29) is 5.25 Å². The molecule has 4 nitrogen and oxygen atoms in total. The van der Waals surface area contributed by atoms with E-state index < -0.39 is 0 Å². The largest absolute Gasteiger partial charge is 0.274 e. The maximum absolute atomic E-state index is 9.12. The molecule has 1 aromatic heterocycles. The van der Waals surface area contributed by atoms with Crippen LogP contribution in [0, 0.1) is 18.3 Å². The van der Waals surface area contributed by atoms with Crippen LogP contribution in [0.2, 0.25) is 0 Å². The summed E-state index contributed by atoms with van der Waals surface area (Å²) in [5, 5.41) is 18.4. The number of benzene rings is 2. The van der Waals surface area contributed by atoms with Gasteiger partial charge >= 0.3 is 0 Å². The third-order valence-corrected chi connectivity index (χ3v) is 4.56. The van der Waals surface area contributed by atoms with Gasteiger partial charge in [0.2, 0.25) is 0 Å². The van der Waals surface area contributed by atoms with Gasteiger partial charge in [0, 0.05) is 12.1 Å². The van der Waals surface area contributed by atoms with Crippen molar-refractivity contribution in [1.82, 2.24) is 14.8 Å². The highest BCUT2D eigenvalue weighted by Gasteiger charge is 2.17. The van der Waals surface area contributed by atoms with Crippen molar-refractivity contribution in [2.75, 3.05) is 0 Å². The van der Waals surface area contributed by atoms with Crippen molar-refractivity contribution in [3.05, 3.63) is 71.5 Å². The van der Waals surface area contributed by atoms with Crippen molar-refractivity contribution < 1.29 is 0 Å². The molecule has 0 aliphatic heterocycles. The Morgan fingerprint density at radius 2 is 1.92 bits per heavy atom. The van der Waals surface area contributed by atoms with Gasteiger partial charge in [-0.05, 0) is 37.1 Å². The molecule has 0 fully saturated rings. The van der Waals surface area contributed by atoms with Gasteiger partial charge in [-0.3, -0.25) is 4.57 Å². The second-order valence-corrected chi connectivity index (χ2v) is 6.93. The maximum atomic E-state index is 9.12. The van der Waals surface area contributed by atoms with Gasteiger partial charge in [-0.2, -0.15) is 5.26 Å². The van der Waals surface area contributed by atoms with Gasteiger partial charge in [0.25, 0.3) is 0 Å². The Bertz CT molecular complexity index is 865. The number of aromatic nitrogens is 3. The average Bonchev–Trinajstić information content (AvgIpc) is 2.98. The monoisotopic (exact) mass is 334 g/mol. The van der Waals surface area contributed by atoms with Crippen LogP contribution in [0.15, 0.2) is 59.8 Å². The standard InChI is InChI=1S/C19H18N4S/c1-14-7-6-10-17(11-14)23-18(12-16-8-4-3-5-9-16)21-22-19(23)24-15(2)13-20/h3-11,15H,12H2,1-2H3/t15-/m1/s1. The molecule has 1 atom stereocenters. The summed E-state index contributed by atoms with van der Waals surface area (Å²) in [6, 6.07) is 20.7. The molecule has 0 saturated heterocycles. The average molecular weight is 334 g/mol. The number of nitriles is 1. The fourth-order valence-corrected chi connectivity index (χ4v) is 3.25. The van der Waals surface area contributed by atoms with Crippen LogP contribution in [0.3, 0.4) is 0 Å². The van der Waals surface area contributed by atoms with E-state index in [2.05, 4.69) is 52.0 Å². The first-order valence-corrected chi connectivity index (χ1v) is 8.67. The molecular weight excluding hydrogens is 316 g/mol. The minimum absolute atomic E-state index is 0.178. The van der Waals surface area contributed by atoms with Crippen molar-refractivity contribution in [1.29, 1.82) is 5.26 Å². The van der Waals surface area contributed by atoms with Crippen LogP contribution >= 0.6 is 11.8 Å². The SMILES string of the molecule is Cc1cccc(-n2c(Cc3ccccc3)nnc2S[C@H](C)C#N)c1. The number of hydrogen-bond donors (Lipinski definition) is 0. The lowest BCUT2D eigenvalue weighted by molar-refractivity contribution is 0.845. The molecule has 0 aliphatic rings. The molecule has 0 spiro atoms. The van der Waals surface area contributed by atoms with Crippen LogP contribution in [0.4, 0.5) is 0 Å². The number of hydrogen-bond acceptors (Lipinski definition) is 4. The predicted molar refractivity (Wildman–Crippen MR) is 96.3 cm³/mol. The summed E-state index contributed by atoms with van der Waals surface area (Å²) in [4.78, 5) is 0. The minimum Gasteiger partial charge on any atom is -0.274 e. The second-order valence-electron chi connectivity index (χ2n) is 5.62. The van der Waals surface area contributed by atoms with Crippen molar-refractivity contribution in [2.45, 2.75) is 30.7 Å². The van der Waals surface area contributed by atoms with Gasteiger partial charge in [0.15, 0.2) is 5.16 Å². The van der Waals surface area contributed by atoms with Crippen molar-refractivity contribution in [3.63, 3.8) is 0 Å². The molecule has 1 heterocycles. The van der Waals surface area contributed by atoms with E-state index in [4.69, 9.17) is 5.26 Å². The summed E-state index contributed by atoms with van der Waals surface area (Å²) < 4.78 is 2.05. The maximum Gasteiger partial charge on any atom is 0.197 e. The molecule has 120 valence electrons. The van der Waals surface area contributed by atoms with Crippen LogP contribution in [0.1, 0.15) is 23.9 Å². The Labute approximate surface area is 146 Å².